The summed E-state index contributed by atoms with van der Waals surface area (Å²) >= 11 is 0. The Kier molecular flexibility index (Phi) is 4.37. The normalized spacial score (nSPS) is 18.5. The van der Waals surface area contributed by atoms with Crippen molar-refractivity contribution in [3.8, 4) is 0 Å². The first-order valence-electron chi connectivity index (χ1n) is 6.77. The monoisotopic (exact) mass is 342 g/mol. The average molecular weight is 342 g/mol. The molecule has 0 aliphatic carbocycles. The lowest BCUT2D eigenvalue weighted by Crippen LogP contribution is -2.30. The molecule has 6 nitrogen and oxygen atoms in total. The molecule has 0 bridgehead atoms. The number of hydrogen-bond acceptors (Lipinski definition) is 4. The third-order valence-electron chi connectivity index (χ3n) is 3.70. The molecule has 0 saturated heterocycles. The Morgan fingerprint density at radius 2 is 1.92 bits per heavy atom. The van der Waals surface area contributed by atoms with Gasteiger partial charge in [0.25, 0.3) is 5.70 Å². The van der Waals surface area contributed by atoms with Crippen LogP contribution in [0.2, 0.25) is 0 Å². The van der Waals surface area contributed by atoms with E-state index >= 15 is 0 Å². The first kappa shape index (κ1) is 17.5. The van der Waals surface area contributed by atoms with Gasteiger partial charge >= 0.3 is 12.1 Å². The van der Waals surface area contributed by atoms with E-state index in [1.165, 1.54) is 19.9 Å². The first-order valence-corrected chi connectivity index (χ1v) is 6.77. The summed E-state index contributed by atoms with van der Waals surface area (Å²) in [4.78, 5) is 22.1. The van der Waals surface area contributed by atoms with Gasteiger partial charge in [-0.2, -0.15) is 13.2 Å². The molecule has 0 amide bonds. The number of aliphatic carboxylic acids is 1. The van der Waals surface area contributed by atoms with E-state index in [9.17, 15) is 33.2 Å². The predicted octanol–water partition coefficient (Wildman–Crippen LogP) is 3.26. The number of dihydropyridines is 1. The van der Waals surface area contributed by atoms with Gasteiger partial charge < -0.3 is 10.4 Å². The van der Waals surface area contributed by atoms with Gasteiger partial charge in [-0.1, -0.05) is 18.2 Å². The van der Waals surface area contributed by atoms with Crippen molar-refractivity contribution in [2.24, 2.45) is 0 Å². The maximum Gasteiger partial charge on any atom is 0.416 e. The van der Waals surface area contributed by atoms with Crippen LogP contribution in [0.1, 0.15) is 30.9 Å². The fraction of sp³-hybridized carbons (Fsp3) is 0.267. The Labute approximate surface area is 134 Å². The summed E-state index contributed by atoms with van der Waals surface area (Å²) in [7, 11) is 0. The number of nitrogens with one attached hydrogen (secondary N) is 1. The van der Waals surface area contributed by atoms with E-state index in [1.807, 2.05) is 0 Å². The molecular weight excluding hydrogens is 329 g/mol. The molecule has 0 aromatic heterocycles. The van der Waals surface area contributed by atoms with Crippen molar-refractivity contribution in [2.45, 2.75) is 25.9 Å². The van der Waals surface area contributed by atoms with Crippen molar-refractivity contribution < 1.29 is 28.0 Å². The lowest BCUT2D eigenvalue weighted by Gasteiger charge is -2.25. The average Bonchev–Trinajstić information content (AvgIpc) is 2.44. The SMILES string of the molecule is CC1=C(C(=O)O)C(c2cccc(C(F)(F)F)c2)C([N+](=O)[O-])=C(C)N1. The minimum Gasteiger partial charge on any atom is -0.478 e. The van der Waals surface area contributed by atoms with Crippen molar-refractivity contribution in [1.82, 2.24) is 5.32 Å². The van der Waals surface area contributed by atoms with Gasteiger partial charge in [0.05, 0.1) is 21.8 Å². The van der Waals surface area contributed by atoms with Crippen LogP contribution < -0.4 is 5.32 Å². The quantitative estimate of drug-likeness (QED) is 0.650. The van der Waals surface area contributed by atoms with E-state index in [1.54, 1.807) is 0 Å². The van der Waals surface area contributed by atoms with Gasteiger partial charge in [-0.05, 0) is 25.5 Å². The van der Waals surface area contributed by atoms with Crippen LogP contribution in [0.5, 0.6) is 0 Å². The zero-order valence-electron chi connectivity index (χ0n) is 12.6. The highest BCUT2D eigenvalue weighted by atomic mass is 19.4. The molecule has 24 heavy (non-hydrogen) atoms. The van der Waals surface area contributed by atoms with E-state index < -0.39 is 34.2 Å². The van der Waals surface area contributed by atoms with E-state index in [0.29, 0.717) is 0 Å². The highest BCUT2D eigenvalue weighted by molar-refractivity contribution is 5.90. The van der Waals surface area contributed by atoms with Crippen molar-refractivity contribution in [3.05, 3.63) is 68.2 Å². The smallest absolute Gasteiger partial charge is 0.416 e. The van der Waals surface area contributed by atoms with Gasteiger partial charge in [0.15, 0.2) is 0 Å². The zero-order valence-corrected chi connectivity index (χ0v) is 12.6. The minimum absolute atomic E-state index is 0.0879. The van der Waals surface area contributed by atoms with Crippen molar-refractivity contribution in [1.29, 1.82) is 0 Å². The molecule has 1 aromatic carbocycles. The highest BCUT2D eigenvalue weighted by Crippen LogP contribution is 2.40. The minimum atomic E-state index is -4.64. The van der Waals surface area contributed by atoms with Crippen LogP contribution in [0.4, 0.5) is 13.2 Å². The third kappa shape index (κ3) is 3.10. The number of allylic oxidation sites excluding steroid dienone is 3. The Morgan fingerprint density at radius 3 is 2.42 bits per heavy atom. The number of nitro groups is 1. The van der Waals surface area contributed by atoms with Gasteiger partial charge in [-0.15, -0.1) is 0 Å². The maximum atomic E-state index is 12.9. The highest BCUT2D eigenvalue weighted by Gasteiger charge is 2.41. The molecule has 0 radical (unpaired) electrons. The summed E-state index contributed by atoms with van der Waals surface area (Å²) in [5.74, 6) is -2.84. The number of carboxylic acid groups (broad SMARTS) is 1. The summed E-state index contributed by atoms with van der Waals surface area (Å²) in [6, 6.07) is 3.91. The number of hydrogen-bond donors (Lipinski definition) is 2. The van der Waals surface area contributed by atoms with Crippen molar-refractivity contribution >= 4 is 5.97 Å². The van der Waals surface area contributed by atoms with E-state index in [-0.39, 0.29) is 22.5 Å². The lowest BCUT2D eigenvalue weighted by atomic mass is 9.83. The fourth-order valence-corrected chi connectivity index (χ4v) is 2.73. The predicted molar refractivity (Wildman–Crippen MR) is 77.4 cm³/mol. The number of carboxylic acids is 1. The number of alkyl halides is 3. The Morgan fingerprint density at radius 1 is 1.29 bits per heavy atom. The molecule has 2 rings (SSSR count). The lowest BCUT2D eigenvalue weighted by molar-refractivity contribution is -0.431. The van der Waals surface area contributed by atoms with Crippen LogP contribution in [0.25, 0.3) is 0 Å². The van der Waals surface area contributed by atoms with Crippen molar-refractivity contribution in [2.75, 3.05) is 0 Å². The van der Waals surface area contributed by atoms with Gasteiger partial charge in [0.2, 0.25) is 0 Å². The molecule has 0 fully saturated rings. The standard InChI is InChI=1S/C15H13F3N2O4/c1-7-11(14(21)22)12(13(20(23)24)8(2)19-7)9-4-3-5-10(6-9)15(16,17)18/h3-6,12,19H,1-2H3,(H,21,22). The molecule has 1 aliphatic rings. The fourth-order valence-electron chi connectivity index (χ4n) is 2.73. The Hall–Kier alpha value is -2.84. The molecule has 1 atom stereocenters. The number of nitrogens with zero attached hydrogens (tertiary/aromatic N) is 1. The van der Waals surface area contributed by atoms with E-state index in [2.05, 4.69) is 5.32 Å². The van der Waals surface area contributed by atoms with Gasteiger partial charge in [-0.25, -0.2) is 4.79 Å². The first-order chi connectivity index (χ1) is 11.0. The molecule has 9 heteroatoms. The van der Waals surface area contributed by atoms with Crippen molar-refractivity contribution in [3.63, 3.8) is 0 Å². The molecule has 1 heterocycles. The van der Waals surface area contributed by atoms with Crippen LogP contribution in [0, 0.1) is 10.1 Å². The van der Waals surface area contributed by atoms with Gasteiger partial charge in [-0.3, -0.25) is 10.1 Å². The third-order valence-corrected chi connectivity index (χ3v) is 3.70. The van der Waals surface area contributed by atoms with Crippen LogP contribution in [-0.4, -0.2) is 16.0 Å². The van der Waals surface area contributed by atoms with Gasteiger partial charge in [0, 0.05) is 5.70 Å². The summed E-state index contributed by atoms with van der Waals surface area (Å²) in [6.45, 7) is 2.78. The van der Waals surface area contributed by atoms with Gasteiger partial charge in [0.1, 0.15) is 5.92 Å². The topological polar surface area (TPSA) is 92.5 Å². The molecular formula is C15H13F3N2O4. The summed E-state index contributed by atoms with van der Waals surface area (Å²) < 4.78 is 38.7. The number of rotatable bonds is 3. The molecule has 0 spiro atoms. The second-order valence-corrected chi connectivity index (χ2v) is 5.29. The molecule has 128 valence electrons. The number of halogens is 3. The maximum absolute atomic E-state index is 12.9. The molecule has 0 saturated carbocycles. The molecule has 1 aliphatic heterocycles. The molecule has 1 aromatic rings. The molecule has 2 N–H and O–H groups in total. The Bertz CT molecular complexity index is 745. The van der Waals surface area contributed by atoms with Crippen LogP contribution in [0.15, 0.2) is 46.9 Å². The summed E-state index contributed by atoms with van der Waals surface area (Å²) in [6.07, 6.45) is -4.64. The summed E-state index contributed by atoms with van der Waals surface area (Å²) in [5.41, 5.74) is -1.71. The number of carbonyl (C=O) groups is 1. The van der Waals surface area contributed by atoms with E-state index in [4.69, 9.17) is 0 Å². The van der Waals surface area contributed by atoms with Crippen LogP contribution in [-0.2, 0) is 11.0 Å². The Balaban J connectivity index is 2.71. The molecule has 1 unspecified atom stereocenters. The van der Waals surface area contributed by atoms with Crippen LogP contribution in [0.3, 0.4) is 0 Å². The van der Waals surface area contributed by atoms with E-state index in [0.717, 1.165) is 18.2 Å². The zero-order chi connectivity index (χ0) is 18.2. The largest absolute Gasteiger partial charge is 0.478 e. The van der Waals surface area contributed by atoms with Crippen LogP contribution >= 0.6 is 0 Å². The second-order valence-electron chi connectivity index (χ2n) is 5.29. The second kappa shape index (κ2) is 5.99. The summed E-state index contributed by atoms with van der Waals surface area (Å²) in [5, 5.41) is 23.4. The number of benzene rings is 1.